The third kappa shape index (κ3) is 2.82. The van der Waals surface area contributed by atoms with E-state index in [1.807, 2.05) is 13.8 Å². The standard InChI is InChI=1S/C17H15FN2O3S/c1-9(2)14-19-15-13(12(8-24-15)17(22)23)16(21)20(14)7-10-3-5-11(18)6-4-10/h3-6,8-9H,7H2,1-2H3,(H,22,23). The van der Waals surface area contributed by atoms with Gasteiger partial charge < -0.3 is 5.11 Å². The SMILES string of the molecule is CC(C)c1nc2scc(C(=O)O)c2c(=O)n1Cc1ccc(F)cc1. The highest BCUT2D eigenvalue weighted by Gasteiger charge is 2.20. The minimum Gasteiger partial charge on any atom is -0.478 e. The van der Waals surface area contributed by atoms with Gasteiger partial charge in [0, 0.05) is 11.3 Å². The second-order valence-electron chi connectivity index (χ2n) is 5.78. The second-order valence-corrected chi connectivity index (χ2v) is 6.64. The summed E-state index contributed by atoms with van der Waals surface area (Å²) < 4.78 is 14.5. The highest BCUT2D eigenvalue weighted by molar-refractivity contribution is 7.17. The Bertz CT molecular complexity index is 974. The number of thiophene rings is 1. The van der Waals surface area contributed by atoms with Gasteiger partial charge in [0.2, 0.25) is 0 Å². The fourth-order valence-corrected chi connectivity index (χ4v) is 3.47. The Kier molecular flexibility index (Phi) is 4.19. The van der Waals surface area contributed by atoms with E-state index in [1.54, 1.807) is 12.1 Å². The van der Waals surface area contributed by atoms with Gasteiger partial charge in [0.15, 0.2) is 0 Å². The van der Waals surface area contributed by atoms with Crippen LogP contribution in [0.4, 0.5) is 4.39 Å². The van der Waals surface area contributed by atoms with Crippen molar-refractivity contribution in [1.29, 1.82) is 0 Å². The summed E-state index contributed by atoms with van der Waals surface area (Å²) in [5.74, 6) is -0.936. The molecule has 3 aromatic rings. The maximum absolute atomic E-state index is 13.1. The Labute approximate surface area is 141 Å². The van der Waals surface area contributed by atoms with E-state index in [1.165, 1.54) is 22.1 Å². The van der Waals surface area contributed by atoms with Crippen molar-refractivity contribution in [3.05, 3.63) is 62.8 Å². The normalized spacial score (nSPS) is 11.3. The van der Waals surface area contributed by atoms with Gasteiger partial charge in [0.05, 0.1) is 17.5 Å². The van der Waals surface area contributed by atoms with Crippen molar-refractivity contribution in [1.82, 2.24) is 9.55 Å². The number of carboxylic acids is 1. The van der Waals surface area contributed by atoms with Crippen molar-refractivity contribution in [2.75, 3.05) is 0 Å². The van der Waals surface area contributed by atoms with Crippen molar-refractivity contribution in [2.24, 2.45) is 0 Å². The van der Waals surface area contributed by atoms with Gasteiger partial charge in [-0.1, -0.05) is 26.0 Å². The van der Waals surface area contributed by atoms with Crippen LogP contribution in [0.1, 0.15) is 41.5 Å². The van der Waals surface area contributed by atoms with E-state index in [2.05, 4.69) is 4.98 Å². The quantitative estimate of drug-likeness (QED) is 0.785. The minimum absolute atomic E-state index is 0.0158. The maximum Gasteiger partial charge on any atom is 0.337 e. The van der Waals surface area contributed by atoms with Crippen molar-refractivity contribution in [3.63, 3.8) is 0 Å². The fraction of sp³-hybridized carbons (Fsp3) is 0.235. The summed E-state index contributed by atoms with van der Waals surface area (Å²) in [6.07, 6.45) is 0. The molecule has 0 amide bonds. The van der Waals surface area contributed by atoms with E-state index >= 15 is 0 Å². The first-order valence-corrected chi connectivity index (χ1v) is 8.26. The number of carbonyl (C=O) groups is 1. The molecule has 1 N–H and O–H groups in total. The van der Waals surface area contributed by atoms with E-state index in [0.717, 1.165) is 16.9 Å². The first kappa shape index (κ1) is 16.3. The molecule has 24 heavy (non-hydrogen) atoms. The van der Waals surface area contributed by atoms with Crippen LogP contribution < -0.4 is 5.56 Å². The Morgan fingerprint density at radius 3 is 2.58 bits per heavy atom. The maximum atomic E-state index is 13.1. The molecule has 0 unspecified atom stereocenters. The van der Waals surface area contributed by atoms with Gasteiger partial charge in [0.25, 0.3) is 5.56 Å². The van der Waals surface area contributed by atoms with Crippen molar-refractivity contribution in [2.45, 2.75) is 26.3 Å². The molecule has 0 atom stereocenters. The number of halogens is 1. The third-order valence-electron chi connectivity index (χ3n) is 3.72. The summed E-state index contributed by atoms with van der Waals surface area (Å²) in [7, 11) is 0. The van der Waals surface area contributed by atoms with Crippen molar-refractivity contribution < 1.29 is 14.3 Å². The first-order valence-electron chi connectivity index (χ1n) is 7.38. The molecule has 0 saturated heterocycles. The average Bonchev–Trinajstić information content (AvgIpc) is 2.96. The Morgan fingerprint density at radius 2 is 2.00 bits per heavy atom. The number of aromatic carboxylic acids is 1. The van der Waals surface area contributed by atoms with Crippen molar-refractivity contribution in [3.8, 4) is 0 Å². The van der Waals surface area contributed by atoms with Gasteiger partial charge in [-0.3, -0.25) is 9.36 Å². The molecule has 3 rings (SSSR count). The molecular weight excluding hydrogens is 331 g/mol. The summed E-state index contributed by atoms with van der Waals surface area (Å²) in [5, 5.41) is 10.8. The van der Waals surface area contributed by atoms with Crippen LogP contribution in [0.2, 0.25) is 0 Å². The molecule has 0 spiro atoms. The summed E-state index contributed by atoms with van der Waals surface area (Å²) in [6.45, 7) is 4.05. The zero-order valence-electron chi connectivity index (χ0n) is 13.1. The first-order chi connectivity index (χ1) is 11.4. The third-order valence-corrected chi connectivity index (χ3v) is 4.60. The predicted octanol–water partition coefficient (Wildman–Crippen LogP) is 3.47. The molecule has 7 heteroatoms. The molecule has 124 valence electrons. The van der Waals surface area contributed by atoms with Crippen LogP contribution in [0.15, 0.2) is 34.4 Å². The van der Waals surface area contributed by atoms with Crippen molar-refractivity contribution >= 4 is 27.5 Å². The number of fused-ring (bicyclic) bond motifs is 1. The Hall–Kier alpha value is -2.54. The Morgan fingerprint density at radius 1 is 1.33 bits per heavy atom. The zero-order valence-corrected chi connectivity index (χ0v) is 13.9. The largest absolute Gasteiger partial charge is 0.478 e. The summed E-state index contributed by atoms with van der Waals surface area (Å²) >= 11 is 1.15. The molecule has 2 aromatic heterocycles. The van der Waals surface area contributed by atoms with E-state index < -0.39 is 5.97 Å². The average molecular weight is 346 g/mol. The molecule has 1 aromatic carbocycles. The van der Waals surface area contributed by atoms with Crippen LogP contribution in [0.5, 0.6) is 0 Å². The number of hydrogen-bond donors (Lipinski definition) is 1. The molecule has 0 aliphatic heterocycles. The van der Waals surface area contributed by atoms with E-state index in [-0.39, 0.29) is 34.8 Å². The van der Waals surface area contributed by atoms with E-state index in [4.69, 9.17) is 0 Å². The van der Waals surface area contributed by atoms with Gasteiger partial charge >= 0.3 is 5.97 Å². The number of rotatable bonds is 4. The van der Waals surface area contributed by atoms with Gasteiger partial charge in [-0.05, 0) is 17.7 Å². The molecule has 0 aliphatic carbocycles. The lowest BCUT2D eigenvalue weighted by Crippen LogP contribution is -2.27. The molecule has 0 aliphatic rings. The highest BCUT2D eigenvalue weighted by atomic mass is 32.1. The lowest BCUT2D eigenvalue weighted by atomic mass is 10.1. The molecule has 5 nitrogen and oxygen atoms in total. The molecule has 0 fully saturated rings. The molecule has 0 saturated carbocycles. The van der Waals surface area contributed by atoms with E-state index in [9.17, 15) is 19.1 Å². The highest BCUT2D eigenvalue weighted by Crippen LogP contribution is 2.24. The molecule has 0 radical (unpaired) electrons. The summed E-state index contributed by atoms with van der Waals surface area (Å²) in [6, 6.07) is 5.85. The van der Waals surface area contributed by atoms with Gasteiger partial charge in [-0.25, -0.2) is 14.2 Å². The van der Waals surface area contributed by atoms with Gasteiger partial charge in [-0.15, -0.1) is 11.3 Å². The van der Waals surface area contributed by atoms with Crippen LogP contribution in [0.25, 0.3) is 10.2 Å². The number of hydrogen-bond acceptors (Lipinski definition) is 4. The van der Waals surface area contributed by atoms with Gasteiger partial charge in [-0.2, -0.15) is 0 Å². The molecule has 2 heterocycles. The molecular formula is C17H15FN2O3S. The van der Waals surface area contributed by atoms with Crippen LogP contribution in [0.3, 0.4) is 0 Å². The van der Waals surface area contributed by atoms with Crippen LogP contribution in [-0.2, 0) is 6.54 Å². The van der Waals surface area contributed by atoms with Crippen LogP contribution in [-0.4, -0.2) is 20.6 Å². The smallest absolute Gasteiger partial charge is 0.337 e. The van der Waals surface area contributed by atoms with E-state index in [0.29, 0.717) is 10.7 Å². The number of carboxylic acid groups (broad SMARTS) is 1. The predicted molar refractivity (Wildman–Crippen MR) is 90.4 cm³/mol. The fourth-order valence-electron chi connectivity index (χ4n) is 2.56. The minimum atomic E-state index is -1.15. The zero-order chi connectivity index (χ0) is 17.4. The number of aromatic nitrogens is 2. The van der Waals surface area contributed by atoms with Crippen LogP contribution in [0, 0.1) is 5.82 Å². The number of nitrogens with zero attached hydrogens (tertiary/aromatic N) is 2. The topological polar surface area (TPSA) is 72.2 Å². The van der Waals surface area contributed by atoms with Gasteiger partial charge in [0.1, 0.15) is 16.5 Å². The summed E-state index contributed by atoms with van der Waals surface area (Å²) in [5.41, 5.74) is 0.330. The van der Waals surface area contributed by atoms with Crippen LogP contribution >= 0.6 is 11.3 Å². The monoisotopic (exact) mass is 346 g/mol. The lowest BCUT2D eigenvalue weighted by Gasteiger charge is -2.15. The second kappa shape index (κ2) is 6.16. The molecule has 0 bridgehead atoms. The summed E-state index contributed by atoms with van der Waals surface area (Å²) in [4.78, 5) is 29.2. The number of benzene rings is 1. The Balaban J connectivity index is 2.23. The lowest BCUT2D eigenvalue weighted by molar-refractivity contribution is 0.0699.